The third kappa shape index (κ3) is 4.37. The molecule has 24 heavy (non-hydrogen) atoms. The Kier molecular flexibility index (Phi) is 6.04. The van der Waals surface area contributed by atoms with Crippen molar-refractivity contribution in [1.29, 1.82) is 0 Å². The van der Waals surface area contributed by atoms with Crippen molar-refractivity contribution in [3.8, 4) is 0 Å². The molecule has 7 heteroatoms. The van der Waals surface area contributed by atoms with Crippen molar-refractivity contribution in [2.24, 2.45) is 0 Å². The molecule has 0 aliphatic heterocycles. The Bertz CT molecular complexity index is 849. The molecule has 5 nitrogen and oxygen atoms in total. The van der Waals surface area contributed by atoms with Gasteiger partial charge in [-0.1, -0.05) is 19.1 Å². The molecule has 0 saturated heterocycles. The molecule has 128 valence electrons. The van der Waals surface area contributed by atoms with E-state index in [1.165, 1.54) is 12.1 Å². The van der Waals surface area contributed by atoms with Crippen LogP contribution in [0, 0.1) is 6.92 Å². The van der Waals surface area contributed by atoms with Crippen LogP contribution in [0.25, 0.3) is 0 Å². The van der Waals surface area contributed by atoms with Crippen LogP contribution in [0.2, 0.25) is 0 Å². The lowest BCUT2D eigenvalue weighted by atomic mass is 10.1. The first-order chi connectivity index (χ1) is 11.4. The Morgan fingerprint density at radius 1 is 1.17 bits per heavy atom. The topological polar surface area (TPSA) is 75.3 Å². The number of carbonyl (C=O) groups excluding carboxylic acids is 1. The lowest BCUT2D eigenvalue weighted by Crippen LogP contribution is -2.24. The minimum absolute atomic E-state index is 0.0814. The number of carbonyl (C=O) groups is 1. The van der Waals surface area contributed by atoms with Crippen molar-refractivity contribution in [2.75, 3.05) is 18.1 Å². The van der Waals surface area contributed by atoms with Crippen LogP contribution in [-0.4, -0.2) is 27.1 Å². The van der Waals surface area contributed by atoms with Gasteiger partial charge < -0.3 is 5.32 Å². The SMILES string of the molecule is CCNS(=O)(=O)c1ccc(C)c(C(=O)Nc2cccc(SC)c2)c1. The fourth-order valence-electron chi connectivity index (χ4n) is 2.19. The van der Waals surface area contributed by atoms with Crippen LogP contribution in [0.3, 0.4) is 0 Å². The average Bonchev–Trinajstić information content (AvgIpc) is 2.55. The van der Waals surface area contributed by atoms with E-state index in [4.69, 9.17) is 0 Å². The van der Waals surface area contributed by atoms with Crippen LogP contribution >= 0.6 is 11.8 Å². The van der Waals surface area contributed by atoms with E-state index in [2.05, 4.69) is 10.0 Å². The van der Waals surface area contributed by atoms with Gasteiger partial charge >= 0.3 is 0 Å². The summed E-state index contributed by atoms with van der Waals surface area (Å²) in [6.07, 6.45) is 1.96. The summed E-state index contributed by atoms with van der Waals surface area (Å²) in [6.45, 7) is 3.77. The van der Waals surface area contributed by atoms with Gasteiger partial charge in [0.05, 0.1) is 4.90 Å². The molecule has 0 aliphatic rings. The quantitative estimate of drug-likeness (QED) is 0.772. The Balaban J connectivity index is 2.32. The van der Waals surface area contributed by atoms with Gasteiger partial charge in [-0.05, 0) is 49.1 Å². The summed E-state index contributed by atoms with van der Waals surface area (Å²) in [5.41, 5.74) is 1.72. The molecule has 0 aromatic heterocycles. The molecule has 2 aromatic rings. The number of aryl methyl sites for hydroxylation is 1. The van der Waals surface area contributed by atoms with Crippen LogP contribution in [-0.2, 0) is 10.0 Å². The summed E-state index contributed by atoms with van der Waals surface area (Å²) in [5, 5.41) is 2.82. The highest BCUT2D eigenvalue weighted by Crippen LogP contribution is 2.21. The largest absolute Gasteiger partial charge is 0.322 e. The molecular weight excluding hydrogens is 344 g/mol. The van der Waals surface area contributed by atoms with Gasteiger partial charge in [0.2, 0.25) is 10.0 Å². The Morgan fingerprint density at radius 2 is 1.92 bits per heavy atom. The summed E-state index contributed by atoms with van der Waals surface area (Å²) < 4.78 is 26.7. The number of benzene rings is 2. The first-order valence-electron chi connectivity index (χ1n) is 7.43. The highest BCUT2D eigenvalue weighted by Gasteiger charge is 2.17. The molecule has 0 spiro atoms. The highest BCUT2D eigenvalue weighted by atomic mass is 32.2. The van der Waals surface area contributed by atoms with Crippen molar-refractivity contribution < 1.29 is 13.2 Å². The van der Waals surface area contributed by atoms with E-state index < -0.39 is 10.0 Å². The van der Waals surface area contributed by atoms with Gasteiger partial charge in [-0.25, -0.2) is 13.1 Å². The molecule has 1 amide bonds. The van der Waals surface area contributed by atoms with Gasteiger partial charge in [-0.2, -0.15) is 0 Å². The second-order valence-corrected chi connectivity index (χ2v) is 7.81. The molecular formula is C17H20N2O3S2. The van der Waals surface area contributed by atoms with E-state index in [9.17, 15) is 13.2 Å². The second-order valence-electron chi connectivity index (χ2n) is 5.16. The fourth-order valence-corrected chi connectivity index (χ4v) is 3.71. The minimum Gasteiger partial charge on any atom is -0.322 e. The molecule has 2 aromatic carbocycles. The Hall–Kier alpha value is -1.83. The van der Waals surface area contributed by atoms with Crippen LogP contribution in [0.5, 0.6) is 0 Å². The van der Waals surface area contributed by atoms with E-state index in [1.807, 2.05) is 24.5 Å². The molecule has 0 saturated carbocycles. The lowest BCUT2D eigenvalue weighted by molar-refractivity contribution is 0.102. The third-order valence-corrected chi connectivity index (χ3v) is 5.69. The molecule has 2 N–H and O–H groups in total. The van der Waals surface area contributed by atoms with Crippen LogP contribution < -0.4 is 10.0 Å². The monoisotopic (exact) mass is 364 g/mol. The average molecular weight is 364 g/mol. The number of sulfonamides is 1. The normalized spacial score (nSPS) is 11.3. The molecule has 2 rings (SSSR count). The summed E-state index contributed by atoms with van der Waals surface area (Å²) in [7, 11) is -3.60. The van der Waals surface area contributed by atoms with Gasteiger partial charge in [0.1, 0.15) is 0 Å². The third-order valence-electron chi connectivity index (χ3n) is 3.43. The zero-order valence-corrected chi connectivity index (χ0v) is 15.4. The first-order valence-corrected chi connectivity index (χ1v) is 10.1. The predicted octanol–water partition coefficient (Wildman–Crippen LogP) is 3.27. The Labute approximate surface area is 146 Å². The van der Waals surface area contributed by atoms with Gasteiger partial charge in [-0.15, -0.1) is 11.8 Å². The van der Waals surface area contributed by atoms with E-state index in [0.717, 1.165) is 4.90 Å². The molecule has 0 unspecified atom stereocenters. The summed E-state index contributed by atoms with van der Waals surface area (Å²) in [5.74, 6) is -0.334. The minimum atomic E-state index is -3.60. The van der Waals surface area contributed by atoms with Crippen LogP contribution in [0.4, 0.5) is 5.69 Å². The molecule has 0 heterocycles. The van der Waals surface area contributed by atoms with Gasteiger partial charge in [-0.3, -0.25) is 4.79 Å². The second kappa shape index (κ2) is 7.83. The first kappa shape index (κ1) is 18.5. The maximum absolute atomic E-state index is 12.5. The number of amides is 1. The van der Waals surface area contributed by atoms with Gasteiger partial charge in [0.25, 0.3) is 5.91 Å². The molecule has 0 atom stereocenters. The van der Waals surface area contributed by atoms with Crippen molar-refractivity contribution in [2.45, 2.75) is 23.6 Å². The van der Waals surface area contributed by atoms with Crippen molar-refractivity contribution in [3.63, 3.8) is 0 Å². The van der Waals surface area contributed by atoms with E-state index >= 15 is 0 Å². The molecule has 0 fully saturated rings. The van der Waals surface area contributed by atoms with Crippen LogP contribution in [0.15, 0.2) is 52.3 Å². The number of hydrogen-bond donors (Lipinski definition) is 2. The summed E-state index contributed by atoms with van der Waals surface area (Å²) in [6, 6.07) is 12.0. The van der Waals surface area contributed by atoms with Crippen LogP contribution in [0.1, 0.15) is 22.8 Å². The zero-order chi connectivity index (χ0) is 17.7. The van der Waals surface area contributed by atoms with Crippen molar-refractivity contribution in [3.05, 3.63) is 53.6 Å². The Morgan fingerprint density at radius 3 is 2.58 bits per heavy atom. The van der Waals surface area contributed by atoms with E-state index in [1.54, 1.807) is 37.7 Å². The van der Waals surface area contributed by atoms with E-state index in [0.29, 0.717) is 23.4 Å². The number of anilines is 1. The maximum atomic E-state index is 12.5. The number of nitrogens with one attached hydrogen (secondary N) is 2. The molecule has 0 radical (unpaired) electrons. The van der Waals surface area contributed by atoms with E-state index in [-0.39, 0.29) is 10.8 Å². The maximum Gasteiger partial charge on any atom is 0.255 e. The van der Waals surface area contributed by atoms with Gasteiger partial charge in [0.15, 0.2) is 0 Å². The zero-order valence-electron chi connectivity index (χ0n) is 13.8. The van der Waals surface area contributed by atoms with Gasteiger partial charge in [0, 0.05) is 22.7 Å². The van der Waals surface area contributed by atoms with Crippen molar-refractivity contribution >= 4 is 33.4 Å². The number of rotatable bonds is 6. The smallest absolute Gasteiger partial charge is 0.255 e. The predicted molar refractivity (Wildman–Crippen MR) is 98.2 cm³/mol. The fraction of sp³-hybridized carbons (Fsp3) is 0.235. The highest BCUT2D eigenvalue weighted by molar-refractivity contribution is 7.98. The number of hydrogen-bond acceptors (Lipinski definition) is 4. The summed E-state index contributed by atoms with van der Waals surface area (Å²) in [4.78, 5) is 13.7. The standard InChI is InChI=1S/C17H20N2O3S2/c1-4-18-24(21,22)15-9-8-12(2)16(11-15)17(20)19-13-6-5-7-14(10-13)23-3/h5-11,18H,4H2,1-3H3,(H,19,20). The molecule has 0 aliphatic carbocycles. The summed E-state index contributed by atoms with van der Waals surface area (Å²) >= 11 is 1.58. The lowest BCUT2D eigenvalue weighted by Gasteiger charge is -2.11. The molecule has 0 bridgehead atoms. The number of thioether (sulfide) groups is 1. The van der Waals surface area contributed by atoms with Crippen molar-refractivity contribution in [1.82, 2.24) is 4.72 Å².